The maximum absolute atomic E-state index is 12.2. The van der Waals surface area contributed by atoms with E-state index >= 15 is 0 Å². The molecule has 3 rings (SSSR count). The van der Waals surface area contributed by atoms with Gasteiger partial charge in [0.1, 0.15) is 6.10 Å². The fourth-order valence-electron chi connectivity index (χ4n) is 3.14. The van der Waals surface area contributed by atoms with Gasteiger partial charge in [-0.3, -0.25) is 4.90 Å². The lowest BCUT2D eigenvalue weighted by molar-refractivity contribution is 0.124. The van der Waals surface area contributed by atoms with Crippen LogP contribution in [0.1, 0.15) is 31.4 Å². The van der Waals surface area contributed by atoms with E-state index in [-0.39, 0.29) is 18.2 Å². The van der Waals surface area contributed by atoms with E-state index in [1.54, 1.807) is 0 Å². The number of cyclic esters (lactones) is 1. The van der Waals surface area contributed by atoms with Gasteiger partial charge < -0.3 is 10.1 Å². The van der Waals surface area contributed by atoms with Crippen molar-refractivity contribution < 1.29 is 9.53 Å². The van der Waals surface area contributed by atoms with Gasteiger partial charge in [-0.15, -0.1) is 0 Å². The minimum atomic E-state index is -0.159. The number of ether oxygens (including phenoxy) is 1. The van der Waals surface area contributed by atoms with Gasteiger partial charge in [-0.1, -0.05) is 30.3 Å². The van der Waals surface area contributed by atoms with Crippen molar-refractivity contribution in [1.29, 1.82) is 0 Å². The zero-order valence-corrected chi connectivity index (χ0v) is 11.2. The van der Waals surface area contributed by atoms with Crippen LogP contribution in [0.15, 0.2) is 30.3 Å². The third-order valence-electron chi connectivity index (χ3n) is 4.15. The predicted molar refractivity (Wildman–Crippen MR) is 72.9 cm³/mol. The zero-order valence-electron chi connectivity index (χ0n) is 11.2. The Kier molecular flexibility index (Phi) is 3.42. The van der Waals surface area contributed by atoms with Crippen LogP contribution in [0.3, 0.4) is 0 Å². The standard InChI is InChI=1S/C15H20N2O2/c1-11-14(12-5-3-2-4-6-12)19-15(18)17(11)13-7-9-16-10-8-13/h2-6,11,13-14,16H,7-10H2,1H3. The maximum atomic E-state index is 12.2. The van der Waals surface area contributed by atoms with Gasteiger partial charge in [-0.05, 0) is 38.4 Å². The van der Waals surface area contributed by atoms with Crippen LogP contribution < -0.4 is 5.32 Å². The molecule has 1 amide bonds. The molecule has 102 valence electrons. The van der Waals surface area contributed by atoms with Crippen LogP contribution in [-0.2, 0) is 4.74 Å². The second-order valence-corrected chi connectivity index (χ2v) is 5.34. The first-order valence-electron chi connectivity index (χ1n) is 7.02. The van der Waals surface area contributed by atoms with Crippen molar-refractivity contribution in [2.24, 2.45) is 0 Å². The van der Waals surface area contributed by atoms with Gasteiger partial charge in [-0.2, -0.15) is 0 Å². The molecule has 2 saturated heterocycles. The van der Waals surface area contributed by atoms with Gasteiger partial charge in [0.15, 0.2) is 0 Å². The van der Waals surface area contributed by atoms with Crippen LogP contribution in [0.25, 0.3) is 0 Å². The van der Waals surface area contributed by atoms with Crippen LogP contribution >= 0.6 is 0 Å². The average Bonchev–Trinajstić information content (AvgIpc) is 2.76. The molecule has 0 aliphatic carbocycles. The molecule has 2 unspecified atom stereocenters. The third-order valence-corrected chi connectivity index (χ3v) is 4.15. The summed E-state index contributed by atoms with van der Waals surface area (Å²) in [5, 5.41) is 3.33. The highest BCUT2D eigenvalue weighted by Gasteiger charge is 2.43. The molecule has 0 spiro atoms. The summed E-state index contributed by atoms with van der Waals surface area (Å²) < 4.78 is 5.59. The summed E-state index contributed by atoms with van der Waals surface area (Å²) in [7, 11) is 0. The second kappa shape index (κ2) is 5.21. The first-order chi connectivity index (χ1) is 9.27. The molecular weight excluding hydrogens is 240 g/mol. The summed E-state index contributed by atoms with van der Waals surface area (Å²) >= 11 is 0. The molecule has 4 nitrogen and oxygen atoms in total. The van der Waals surface area contributed by atoms with Crippen molar-refractivity contribution >= 4 is 6.09 Å². The molecule has 2 fully saturated rings. The Labute approximate surface area is 113 Å². The van der Waals surface area contributed by atoms with Gasteiger partial charge in [0.05, 0.1) is 6.04 Å². The molecular formula is C15H20N2O2. The quantitative estimate of drug-likeness (QED) is 0.887. The monoisotopic (exact) mass is 260 g/mol. The van der Waals surface area contributed by atoms with E-state index in [4.69, 9.17) is 4.74 Å². The highest BCUT2D eigenvalue weighted by molar-refractivity contribution is 5.71. The molecule has 19 heavy (non-hydrogen) atoms. The summed E-state index contributed by atoms with van der Waals surface area (Å²) in [6.07, 6.45) is 1.74. The van der Waals surface area contributed by atoms with Gasteiger partial charge in [0, 0.05) is 6.04 Å². The van der Waals surface area contributed by atoms with E-state index in [1.165, 1.54) is 0 Å². The topological polar surface area (TPSA) is 41.6 Å². The molecule has 2 heterocycles. The van der Waals surface area contributed by atoms with Gasteiger partial charge in [-0.25, -0.2) is 4.79 Å². The number of benzene rings is 1. The highest BCUT2D eigenvalue weighted by Crippen LogP contribution is 2.35. The molecule has 2 atom stereocenters. The summed E-state index contributed by atoms with van der Waals surface area (Å²) in [5.41, 5.74) is 1.08. The summed E-state index contributed by atoms with van der Waals surface area (Å²) in [6.45, 7) is 4.05. The van der Waals surface area contributed by atoms with E-state index < -0.39 is 0 Å². The SMILES string of the molecule is CC1C(c2ccccc2)OC(=O)N1C1CCNCC1. The smallest absolute Gasteiger partial charge is 0.411 e. The fraction of sp³-hybridized carbons (Fsp3) is 0.533. The normalized spacial score (nSPS) is 28.5. The molecule has 4 heteroatoms. The number of amides is 1. The van der Waals surface area contributed by atoms with Gasteiger partial charge in [0.25, 0.3) is 0 Å². The van der Waals surface area contributed by atoms with Gasteiger partial charge in [0.2, 0.25) is 0 Å². The average molecular weight is 260 g/mol. The van der Waals surface area contributed by atoms with Crippen LogP contribution in [0.4, 0.5) is 4.79 Å². The number of nitrogens with zero attached hydrogens (tertiary/aromatic N) is 1. The van der Waals surface area contributed by atoms with Crippen LogP contribution in [-0.4, -0.2) is 36.2 Å². The minimum Gasteiger partial charge on any atom is -0.439 e. The van der Waals surface area contributed by atoms with Crippen molar-refractivity contribution in [2.45, 2.75) is 38.0 Å². The summed E-state index contributed by atoms with van der Waals surface area (Å²) in [6, 6.07) is 10.4. The molecule has 0 aromatic heterocycles. The van der Waals surface area contributed by atoms with Crippen molar-refractivity contribution in [3.05, 3.63) is 35.9 Å². The highest BCUT2D eigenvalue weighted by atomic mass is 16.6. The minimum absolute atomic E-state index is 0.109. The van der Waals surface area contributed by atoms with E-state index in [1.807, 2.05) is 35.2 Å². The van der Waals surface area contributed by atoms with Crippen molar-refractivity contribution in [2.75, 3.05) is 13.1 Å². The van der Waals surface area contributed by atoms with Crippen molar-refractivity contribution in [3.8, 4) is 0 Å². The van der Waals surface area contributed by atoms with Crippen LogP contribution in [0, 0.1) is 0 Å². The molecule has 0 radical (unpaired) electrons. The summed E-state index contributed by atoms with van der Waals surface area (Å²) in [4.78, 5) is 14.1. The number of nitrogens with one attached hydrogen (secondary N) is 1. The Morgan fingerprint density at radius 2 is 1.89 bits per heavy atom. The Bertz CT molecular complexity index is 443. The Balaban J connectivity index is 1.79. The lowest BCUT2D eigenvalue weighted by atomic mass is 9.99. The number of hydrogen-bond acceptors (Lipinski definition) is 3. The number of piperidine rings is 1. The van der Waals surface area contributed by atoms with Crippen LogP contribution in [0.5, 0.6) is 0 Å². The molecule has 2 aliphatic rings. The van der Waals surface area contributed by atoms with E-state index in [9.17, 15) is 4.79 Å². The first kappa shape index (κ1) is 12.5. The summed E-state index contributed by atoms with van der Waals surface area (Å²) in [5.74, 6) is 0. The maximum Gasteiger partial charge on any atom is 0.411 e. The molecule has 1 aromatic carbocycles. The molecule has 1 aromatic rings. The lowest BCUT2D eigenvalue weighted by Gasteiger charge is -2.33. The Morgan fingerprint density at radius 3 is 2.58 bits per heavy atom. The predicted octanol–water partition coefficient (Wildman–Crippen LogP) is 2.32. The first-order valence-corrected chi connectivity index (χ1v) is 7.02. The number of hydrogen-bond donors (Lipinski definition) is 1. The Morgan fingerprint density at radius 1 is 1.21 bits per heavy atom. The number of carbonyl (C=O) groups is 1. The lowest BCUT2D eigenvalue weighted by Crippen LogP contribution is -2.46. The van der Waals surface area contributed by atoms with Gasteiger partial charge >= 0.3 is 6.09 Å². The second-order valence-electron chi connectivity index (χ2n) is 5.34. The molecule has 0 saturated carbocycles. The zero-order chi connectivity index (χ0) is 13.2. The molecule has 2 aliphatic heterocycles. The number of rotatable bonds is 2. The van der Waals surface area contributed by atoms with E-state index in [0.29, 0.717) is 6.04 Å². The Hall–Kier alpha value is -1.55. The largest absolute Gasteiger partial charge is 0.439 e. The molecule has 1 N–H and O–H groups in total. The van der Waals surface area contributed by atoms with E-state index in [2.05, 4.69) is 12.2 Å². The van der Waals surface area contributed by atoms with E-state index in [0.717, 1.165) is 31.5 Å². The van der Waals surface area contributed by atoms with Crippen LogP contribution in [0.2, 0.25) is 0 Å². The van der Waals surface area contributed by atoms with Crippen molar-refractivity contribution in [1.82, 2.24) is 10.2 Å². The van der Waals surface area contributed by atoms with Crippen molar-refractivity contribution in [3.63, 3.8) is 0 Å². The molecule has 0 bridgehead atoms. The fourth-order valence-corrected chi connectivity index (χ4v) is 3.14. The number of carbonyl (C=O) groups excluding carboxylic acids is 1. The third kappa shape index (κ3) is 2.32.